The molecule has 0 bridgehead atoms. The number of aromatic nitrogens is 2. The molecule has 2 rings (SSSR count). The fourth-order valence-electron chi connectivity index (χ4n) is 2.96. The molecule has 2 aromatic rings. The first-order valence-corrected chi connectivity index (χ1v) is 10.4. The van der Waals surface area contributed by atoms with Gasteiger partial charge in [0, 0.05) is 12.2 Å². The molecule has 2 atom stereocenters. The van der Waals surface area contributed by atoms with E-state index in [1.165, 1.54) is 11.8 Å². The summed E-state index contributed by atoms with van der Waals surface area (Å²) in [6.07, 6.45) is -0.265. The monoisotopic (exact) mass is 452 g/mol. The molecule has 168 valence electrons. The number of benzene rings is 1. The average Bonchev–Trinajstić information content (AvgIpc) is 2.97. The van der Waals surface area contributed by atoms with Crippen molar-refractivity contribution in [3.05, 3.63) is 24.3 Å². The maximum Gasteiger partial charge on any atom is 0.322 e. The van der Waals surface area contributed by atoms with Crippen LogP contribution in [0, 0.1) is 0 Å². The number of nitrogens with one attached hydrogen (secondary N) is 2. The van der Waals surface area contributed by atoms with Crippen molar-refractivity contribution < 1.29 is 34.0 Å². The Kier molecular flexibility index (Phi) is 8.39. The van der Waals surface area contributed by atoms with Crippen LogP contribution < -0.4 is 20.9 Å². The highest BCUT2D eigenvalue weighted by Crippen LogP contribution is 2.21. The fourth-order valence-corrected chi connectivity index (χ4v) is 4.09. The molecule has 0 fully saturated rings. The number of hydrogen-bond donors (Lipinski definition) is 5. The zero-order chi connectivity index (χ0) is 23.1. The van der Waals surface area contributed by atoms with Crippen molar-refractivity contribution in [1.82, 2.24) is 15.2 Å². The minimum absolute atomic E-state index is 0.0874. The molecule has 6 N–H and O–H groups in total. The highest BCUT2D eigenvalue weighted by Gasteiger charge is 2.26. The van der Waals surface area contributed by atoms with Crippen molar-refractivity contribution in [3.8, 4) is 0 Å². The topological polar surface area (TPSA) is 168 Å². The van der Waals surface area contributed by atoms with Gasteiger partial charge in [0.2, 0.25) is 11.8 Å². The summed E-state index contributed by atoms with van der Waals surface area (Å²) in [5.74, 6) is -3.48. The molecule has 0 saturated carbocycles. The predicted octanol–water partition coefficient (Wildman–Crippen LogP) is -1.03. The van der Waals surface area contributed by atoms with Crippen LogP contribution in [-0.2, 0) is 33.3 Å². The third kappa shape index (κ3) is 6.43. The number of fused-ring (bicyclic) bond motifs is 1. The van der Waals surface area contributed by atoms with Gasteiger partial charge in [0.05, 0.1) is 14.1 Å². The molecule has 1 aromatic carbocycles. The Morgan fingerprint density at radius 2 is 1.90 bits per heavy atom. The van der Waals surface area contributed by atoms with Crippen molar-refractivity contribution in [1.29, 1.82) is 0 Å². The van der Waals surface area contributed by atoms with Gasteiger partial charge < -0.3 is 26.6 Å². The first-order chi connectivity index (χ1) is 14.6. The number of nitrogens with zero attached hydrogens (tertiary/aromatic N) is 2. The number of hydrogen-bond acceptors (Lipinski definition) is 6. The van der Waals surface area contributed by atoms with E-state index < -0.39 is 42.4 Å². The van der Waals surface area contributed by atoms with E-state index in [2.05, 4.69) is 10.6 Å². The summed E-state index contributed by atoms with van der Waals surface area (Å²) < 4.78 is 3.92. The number of imidazole rings is 1. The lowest BCUT2D eigenvalue weighted by Gasteiger charge is -2.17. The van der Waals surface area contributed by atoms with Crippen LogP contribution in [-0.4, -0.2) is 62.9 Å². The van der Waals surface area contributed by atoms with Crippen LogP contribution in [0.3, 0.4) is 0 Å². The molecule has 1 aromatic heterocycles. The maximum absolute atomic E-state index is 12.5. The third-order valence-electron chi connectivity index (χ3n) is 4.62. The van der Waals surface area contributed by atoms with Crippen molar-refractivity contribution in [2.45, 2.75) is 30.1 Å². The van der Waals surface area contributed by atoms with Crippen molar-refractivity contribution in [2.75, 3.05) is 12.3 Å². The smallest absolute Gasteiger partial charge is 0.322 e. The van der Waals surface area contributed by atoms with Crippen LogP contribution >= 0.6 is 11.8 Å². The lowest BCUT2D eigenvalue weighted by atomic mass is 10.1. The van der Waals surface area contributed by atoms with E-state index in [9.17, 15) is 19.2 Å². The van der Waals surface area contributed by atoms with E-state index in [-0.39, 0.29) is 18.6 Å². The Morgan fingerprint density at radius 1 is 1.23 bits per heavy atom. The number of aryl methyl sites for hydroxylation is 2. The van der Waals surface area contributed by atoms with E-state index in [1.54, 1.807) is 0 Å². The van der Waals surface area contributed by atoms with Gasteiger partial charge in [0.15, 0.2) is 11.0 Å². The molecule has 0 aliphatic heterocycles. The number of para-hydroxylation sites is 2. The number of carboxylic acid groups (broad SMARTS) is 2. The zero-order valence-corrected chi connectivity index (χ0v) is 18.0. The predicted molar refractivity (Wildman–Crippen MR) is 112 cm³/mol. The van der Waals surface area contributed by atoms with Gasteiger partial charge in [-0.2, -0.15) is 0 Å². The highest BCUT2D eigenvalue weighted by molar-refractivity contribution is 7.99. The fraction of sp³-hybridized carbons (Fsp3) is 0.421. The molecule has 0 radical (unpaired) electrons. The molecule has 0 unspecified atom stereocenters. The third-order valence-corrected chi connectivity index (χ3v) is 5.93. The van der Waals surface area contributed by atoms with Gasteiger partial charge in [-0.25, -0.2) is 9.13 Å². The van der Waals surface area contributed by atoms with Gasteiger partial charge in [0.1, 0.15) is 18.6 Å². The van der Waals surface area contributed by atoms with E-state index in [0.717, 1.165) is 16.2 Å². The lowest BCUT2D eigenvalue weighted by Crippen LogP contribution is -2.49. The van der Waals surface area contributed by atoms with Gasteiger partial charge in [-0.3, -0.25) is 19.2 Å². The molecule has 0 aliphatic carbocycles. The maximum atomic E-state index is 12.5. The summed E-state index contributed by atoms with van der Waals surface area (Å²) >= 11 is 1.33. The van der Waals surface area contributed by atoms with E-state index >= 15 is 0 Å². The largest absolute Gasteiger partial charge is 0.480 e. The van der Waals surface area contributed by atoms with Gasteiger partial charge in [0.25, 0.3) is 0 Å². The molecule has 0 spiro atoms. The number of aliphatic carboxylic acids is 2. The van der Waals surface area contributed by atoms with E-state index in [1.807, 2.05) is 47.5 Å². The number of carbonyl (C=O) groups excluding carboxylic acids is 2. The summed E-state index contributed by atoms with van der Waals surface area (Å²) in [5, 5.41) is 23.3. The van der Waals surface area contributed by atoms with Crippen LogP contribution in [0.5, 0.6) is 0 Å². The van der Waals surface area contributed by atoms with Crippen LogP contribution in [0.4, 0.5) is 0 Å². The van der Waals surface area contributed by atoms with Crippen LogP contribution in [0.2, 0.25) is 0 Å². The molecule has 0 aliphatic rings. The first-order valence-electron chi connectivity index (χ1n) is 9.45. The molecule has 12 heteroatoms. The van der Waals surface area contributed by atoms with Crippen molar-refractivity contribution in [3.63, 3.8) is 0 Å². The van der Waals surface area contributed by atoms with E-state index in [0.29, 0.717) is 0 Å². The molecule has 11 nitrogen and oxygen atoms in total. The van der Waals surface area contributed by atoms with Crippen molar-refractivity contribution in [2.24, 2.45) is 19.8 Å². The number of carboxylic acids is 2. The molecule has 1 heterocycles. The Labute approximate surface area is 182 Å². The van der Waals surface area contributed by atoms with Gasteiger partial charge in [-0.05, 0) is 30.3 Å². The number of thioether (sulfide) groups is 1. The number of rotatable bonds is 11. The highest BCUT2D eigenvalue weighted by atomic mass is 32.2. The molecular weight excluding hydrogens is 426 g/mol. The average molecular weight is 453 g/mol. The molecule has 31 heavy (non-hydrogen) atoms. The summed E-state index contributed by atoms with van der Waals surface area (Å²) in [6.45, 7) is -0.582. The van der Waals surface area contributed by atoms with Crippen LogP contribution in [0.15, 0.2) is 29.4 Å². The SMILES string of the molecule is Cn1c(SC[C@H](NC(=O)CC[C@H](N)C(=O)O)C(=O)NCC(=O)O)[n+](C)c2ccccc21. The van der Waals surface area contributed by atoms with Crippen LogP contribution in [0.1, 0.15) is 12.8 Å². The summed E-state index contributed by atoms with van der Waals surface area (Å²) in [6, 6.07) is 5.56. The molecule has 0 saturated heterocycles. The number of carbonyl (C=O) groups is 4. The Hall–Kier alpha value is -3.12. The summed E-state index contributed by atoms with van der Waals surface area (Å²) in [5.41, 5.74) is 7.39. The quantitative estimate of drug-likeness (QED) is 0.213. The number of amides is 2. The van der Waals surface area contributed by atoms with Gasteiger partial charge >= 0.3 is 17.1 Å². The van der Waals surface area contributed by atoms with Gasteiger partial charge in [-0.15, -0.1) is 0 Å². The zero-order valence-electron chi connectivity index (χ0n) is 17.2. The second-order valence-corrected chi connectivity index (χ2v) is 7.90. The Morgan fingerprint density at radius 3 is 2.52 bits per heavy atom. The summed E-state index contributed by atoms with van der Waals surface area (Å²) in [4.78, 5) is 46.3. The van der Waals surface area contributed by atoms with Crippen molar-refractivity contribution >= 4 is 46.5 Å². The lowest BCUT2D eigenvalue weighted by molar-refractivity contribution is -0.685. The van der Waals surface area contributed by atoms with E-state index in [4.69, 9.17) is 15.9 Å². The molecule has 2 amide bonds. The van der Waals surface area contributed by atoms with Crippen LogP contribution in [0.25, 0.3) is 11.0 Å². The second kappa shape index (κ2) is 10.8. The Balaban J connectivity index is 2.11. The standard InChI is InChI=1S/C19H25N5O6S/c1-23-13-5-3-4-6-14(13)24(2)19(23)31-10-12(17(28)21-9-16(26)27)22-15(25)8-7-11(20)18(29)30/h3-6,11-12H,7-10,20H2,1-2H3,(H3-,21,22,25,26,27,28,29,30)/p+1/t11-,12-/m0/s1. The molecular formula is C19H26N5O6S+. The normalized spacial score (nSPS) is 12.9. The minimum atomic E-state index is -1.22. The minimum Gasteiger partial charge on any atom is -0.480 e. The first kappa shape index (κ1) is 24.2. The Bertz CT molecular complexity index is 953. The van der Waals surface area contributed by atoms with Gasteiger partial charge in [-0.1, -0.05) is 12.1 Å². The summed E-state index contributed by atoms with van der Waals surface area (Å²) in [7, 11) is 3.77. The number of nitrogens with two attached hydrogens (primary N) is 1. The second-order valence-electron chi connectivity index (χ2n) is 6.92.